The molecule has 1 amide bonds. The maximum absolute atomic E-state index is 12.8. The number of aromatic nitrogens is 1. The summed E-state index contributed by atoms with van der Waals surface area (Å²) in [6.07, 6.45) is 4.90. The lowest BCUT2D eigenvalue weighted by Gasteiger charge is -2.25. The van der Waals surface area contributed by atoms with Crippen molar-refractivity contribution >= 4 is 32.4 Å². The molecule has 2 aliphatic heterocycles. The molecule has 3 heterocycles. The van der Waals surface area contributed by atoms with Crippen LogP contribution in [0.3, 0.4) is 0 Å². The molecule has 4 rings (SSSR count). The van der Waals surface area contributed by atoms with Gasteiger partial charge in [0.1, 0.15) is 0 Å². The van der Waals surface area contributed by atoms with Gasteiger partial charge < -0.3 is 0 Å². The van der Waals surface area contributed by atoms with Crippen molar-refractivity contribution in [1.29, 1.82) is 0 Å². The number of piperidine rings is 1. The van der Waals surface area contributed by atoms with Crippen molar-refractivity contribution < 1.29 is 13.2 Å². The summed E-state index contributed by atoms with van der Waals surface area (Å²) in [4.78, 5) is 21.1. The number of hydrogen-bond donors (Lipinski definition) is 1. The van der Waals surface area contributed by atoms with E-state index in [1.807, 2.05) is 0 Å². The predicted molar refractivity (Wildman–Crippen MR) is 118 cm³/mol. The van der Waals surface area contributed by atoms with Crippen LogP contribution in [-0.4, -0.2) is 54.7 Å². The third-order valence-corrected chi connectivity index (χ3v) is 8.55. The Morgan fingerprint density at radius 2 is 1.87 bits per heavy atom. The Morgan fingerprint density at radius 3 is 2.57 bits per heavy atom. The van der Waals surface area contributed by atoms with Crippen LogP contribution in [0, 0.1) is 0 Å². The first kappa shape index (κ1) is 21.4. The second kappa shape index (κ2) is 9.13. The minimum atomic E-state index is -3.49. The van der Waals surface area contributed by atoms with Crippen LogP contribution in [0.15, 0.2) is 29.2 Å². The van der Waals surface area contributed by atoms with E-state index in [-0.39, 0.29) is 10.8 Å². The molecular weight excluding hydrogens is 420 g/mol. The van der Waals surface area contributed by atoms with Gasteiger partial charge >= 0.3 is 0 Å². The highest BCUT2D eigenvalue weighted by Crippen LogP contribution is 2.29. The molecule has 0 radical (unpaired) electrons. The standard InChI is InChI=1S/C21H28N4O3S2/c1-2-11-24-14-10-18-19(15-24)29-21(22-18)23-20(26)16-6-8-17(9-7-16)30(27,28)25-12-4-3-5-13-25/h6-9H,2-5,10-15H2,1H3,(H,22,23,26). The molecule has 9 heteroatoms. The molecule has 1 saturated heterocycles. The predicted octanol–water partition coefficient (Wildman–Crippen LogP) is 3.34. The first-order valence-electron chi connectivity index (χ1n) is 10.6. The van der Waals surface area contributed by atoms with Gasteiger partial charge in [-0.05, 0) is 50.1 Å². The summed E-state index contributed by atoms with van der Waals surface area (Å²) in [7, 11) is -3.49. The van der Waals surface area contributed by atoms with E-state index >= 15 is 0 Å². The van der Waals surface area contributed by atoms with E-state index in [2.05, 4.69) is 22.1 Å². The van der Waals surface area contributed by atoms with Gasteiger partial charge in [0.15, 0.2) is 5.13 Å². The lowest BCUT2D eigenvalue weighted by molar-refractivity contribution is 0.102. The molecule has 0 aliphatic carbocycles. The first-order chi connectivity index (χ1) is 14.5. The van der Waals surface area contributed by atoms with E-state index in [0.29, 0.717) is 23.8 Å². The molecule has 162 valence electrons. The minimum absolute atomic E-state index is 0.238. The Labute approximate surface area is 182 Å². The average Bonchev–Trinajstić information content (AvgIpc) is 3.16. The number of thiazole rings is 1. The number of nitrogens with one attached hydrogen (secondary N) is 1. The number of amides is 1. The van der Waals surface area contributed by atoms with Crippen molar-refractivity contribution in [3.63, 3.8) is 0 Å². The van der Waals surface area contributed by atoms with Crippen LogP contribution in [0.25, 0.3) is 0 Å². The van der Waals surface area contributed by atoms with E-state index in [9.17, 15) is 13.2 Å². The molecule has 1 aromatic heterocycles. The van der Waals surface area contributed by atoms with Gasteiger partial charge in [-0.3, -0.25) is 15.0 Å². The summed E-state index contributed by atoms with van der Waals surface area (Å²) in [6, 6.07) is 6.19. The van der Waals surface area contributed by atoms with Crippen molar-refractivity contribution in [3.05, 3.63) is 40.4 Å². The average molecular weight is 449 g/mol. The zero-order valence-corrected chi connectivity index (χ0v) is 18.9. The SMILES string of the molecule is CCCN1CCc2nc(NC(=O)c3ccc(S(=O)(=O)N4CCCCC4)cc3)sc2C1. The van der Waals surface area contributed by atoms with Crippen molar-refractivity contribution in [2.45, 2.75) is 50.5 Å². The van der Waals surface area contributed by atoms with Gasteiger partial charge in [0, 0.05) is 43.0 Å². The molecule has 0 saturated carbocycles. The maximum Gasteiger partial charge on any atom is 0.257 e. The maximum atomic E-state index is 12.8. The summed E-state index contributed by atoms with van der Waals surface area (Å²) in [6.45, 7) is 6.28. The Bertz CT molecular complexity index is 996. The summed E-state index contributed by atoms with van der Waals surface area (Å²) in [5, 5.41) is 3.48. The normalized spacial score (nSPS) is 18.2. The van der Waals surface area contributed by atoms with Crippen LogP contribution in [0.2, 0.25) is 0 Å². The van der Waals surface area contributed by atoms with E-state index in [1.165, 1.54) is 32.7 Å². The Morgan fingerprint density at radius 1 is 1.13 bits per heavy atom. The zero-order valence-electron chi connectivity index (χ0n) is 17.3. The van der Waals surface area contributed by atoms with Gasteiger partial charge in [-0.25, -0.2) is 13.4 Å². The van der Waals surface area contributed by atoms with E-state index < -0.39 is 10.0 Å². The van der Waals surface area contributed by atoms with Crippen molar-refractivity contribution in [1.82, 2.24) is 14.2 Å². The van der Waals surface area contributed by atoms with Crippen LogP contribution < -0.4 is 5.32 Å². The minimum Gasteiger partial charge on any atom is -0.298 e. The number of anilines is 1. The van der Waals surface area contributed by atoms with Gasteiger partial charge in [-0.1, -0.05) is 13.3 Å². The fourth-order valence-corrected chi connectivity index (χ4v) is 6.57. The lowest BCUT2D eigenvalue weighted by Crippen LogP contribution is -2.35. The zero-order chi connectivity index (χ0) is 21.1. The summed E-state index contributed by atoms with van der Waals surface area (Å²) >= 11 is 1.53. The highest BCUT2D eigenvalue weighted by atomic mass is 32.2. The topological polar surface area (TPSA) is 82.6 Å². The fourth-order valence-electron chi connectivity index (χ4n) is 4.01. The molecule has 2 aromatic rings. The number of nitrogens with zero attached hydrogens (tertiary/aromatic N) is 3. The van der Waals surface area contributed by atoms with Crippen molar-refractivity contribution in [3.8, 4) is 0 Å². The number of hydrogen-bond acceptors (Lipinski definition) is 6. The second-order valence-electron chi connectivity index (χ2n) is 7.86. The molecule has 1 aromatic carbocycles. The smallest absolute Gasteiger partial charge is 0.257 e. The quantitative estimate of drug-likeness (QED) is 0.733. The van der Waals surface area contributed by atoms with E-state index in [0.717, 1.165) is 57.4 Å². The van der Waals surface area contributed by atoms with Gasteiger partial charge in [0.2, 0.25) is 10.0 Å². The summed E-state index contributed by atoms with van der Waals surface area (Å²) in [5.74, 6) is -0.270. The molecular formula is C21H28N4O3S2. The van der Waals surface area contributed by atoms with E-state index in [1.54, 1.807) is 12.1 Å². The third-order valence-electron chi connectivity index (χ3n) is 5.64. The number of carbonyl (C=O) groups excluding carboxylic acids is 1. The molecule has 30 heavy (non-hydrogen) atoms. The fraction of sp³-hybridized carbons (Fsp3) is 0.524. The molecule has 1 N–H and O–H groups in total. The lowest BCUT2D eigenvalue weighted by atomic mass is 10.2. The molecule has 0 spiro atoms. The van der Waals surface area contributed by atoms with Crippen LogP contribution in [0.4, 0.5) is 5.13 Å². The van der Waals surface area contributed by atoms with Crippen molar-refractivity contribution in [2.75, 3.05) is 31.5 Å². The largest absolute Gasteiger partial charge is 0.298 e. The summed E-state index contributed by atoms with van der Waals surface area (Å²) < 4.78 is 27.1. The molecule has 0 atom stereocenters. The highest BCUT2D eigenvalue weighted by Gasteiger charge is 2.26. The highest BCUT2D eigenvalue weighted by molar-refractivity contribution is 7.89. The van der Waals surface area contributed by atoms with Crippen LogP contribution in [0.1, 0.15) is 53.5 Å². The van der Waals surface area contributed by atoms with E-state index in [4.69, 9.17) is 0 Å². The number of rotatable bonds is 6. The van der Waals surface area contributed by atoms with Crippen LogP contribution in [-0.2, 0) is 23.0 Å². The Kier molecular flexibility index (Phi) is 6.52. The van der Waals surface area contributed by atoms with Crippen LogP contribution >= 0.6 is 11.3 Å². The second-order valence-corrected chi connectivity index (χ2v) is 10.9. The number of carbonyl (C=O) groups is 1. The van der Waals surface area contributed by atoms with Gasteiger partial charge in [0.05, 0.1) is 10.6 Å². The molecule has 0 bridgehead atoms. The Balaban J connectivity index is 1.42. The molecule has 2 aliphatic rings. The van der Waals surface area contributed by atoms with Crippen molar-refractivity contribution in [2.24, 2.45) is 0 Å². The third kappa shape index (κ3) is 4.59. The summed E-state index contributed by atoms with van der Waals surface area (Å²) in [5.41, 5.74) is 1.50. The van der Waals surface area contributed by atoms with Gasteiger partial charge in [-0.15, -0.1) is 11.3 Å². The van der Waals surface area contributed by atoms with Gasteiger partial charge in [0.25, 0.3) is 5.91 Å². The molecule has 0 unspecified atom stereocenters. The number of fused-ring (bicyclic) bond motifs is 1. The molecule has 7 nitrogen and oxygen atoms in total. The number of sulfonamides is 1. The Hall–Kier alpha value is -1.81. The monoisotopic (exact) mass is 448 g/mol. The number of benzene rings is 1. The molecule has 1 fully saturated rings. The van der Waals surface area contributed by atoms with Gasteiger partial charge in [-0.2, -0.15) is 4.31 Å². The first-order valence-corrected chi connectivity index (χ1v) is 12.9. The van der Waals surface area contributed by atoms with Crippen LogP contribution in [0.5, 0.6) is 0 Å².